The van der Waals surface area contributed by atoms with E-state index in [1.54, 1.807) is 0 Å². The molecule has 0 aliphatic rings. The number of aliphatic carboxylic acids is 1. The number of halogens is 3. The molecule has 0 aliphatic heterocycles. The molecule has 0 atom stereocenters. The van der Waals surface area contributed by atoms with Gasteiger partial charge in [-0.15, -0.1) is 13.2 Å². The molecular weight excluding hydrogens is 253 g/mol. The first-order valence-corrected chi connectivity index (χ1v) is 4.96. The van der Waals surface area contributed by atoms with E-state index in [0.29, 0.717) is 5.56 Å². The zero-order chi connectivity index (χ0) is 13.8. The predicted octanol–water partition coefficient (Wildman–Crippen LogP) is 2.61. The van der Waals surface area contributed by atoms with Crippen LogP contribution in [0.1, 0.15) is 12.0 Å². The minimum Gasteiger partial charge on any atom is -0.493 e. The van der Waals surface area contributed by atoms with Crippen molar-refractivity contribution in [1.82, 2.24) is 0 Å². The zero-order valence-electron chi connectivity index (χ0n) is 9.45. The van der Waals surface area contributed by atoms with E-state index in [0.717, 1.165) is 6.07 Å². The maximum Gasteiger partial charge on any atom is 0.573 e. The lowest BCUT2D eigenvalue weighted by atomic mass is 10.1. The van der Waals surface area contributed by atoms with Crippen LogP contribution < -0.4 is 9.47 Å². The Morgan fingerprint density at radius 1 is 1.33 bits per heavy atom. The van der Waals surface area contributed by atoms with E-state index in [1.807, 2.05) is 0 Å². The fourth-order valence-corrected chi connectivity index (χ4v) is 1.33. The Kier molecular flexibility index (Phi) is 4.41. The molecule has 0 fully saturated rings. The smallest absolute Gasteiger partial charge is 0.493 e. The minimum atomic E-state index is -4.82. The van der Waals surface area contributed by atoms with Gasteiger partial charge >= 0.3 is 12.3 Å². The third-order valence-electron chi connectivity index (χ3n) is 2.08. The highest BCUT2D eigenvalue weighted by Crippen LogP contribution is 2.33. The number of alkyl halides is 3. The summed E-state index contributed by atoms with van der Waals surface area (Å²) in [5, 5.41) is 8.50. The van der Waals surface area contributed by atoms with Gasteiger partial charge in [0.15, 0.2) is 11.5 Å². The van der Waals surface area contributed by atoms with Gasteiger partial charge in [0.2, 0.25) is 0 Å². The molecule has 100 valence electrons. The summed E-state index contributed by atoms with van der Waals surface area (Å²) >= 11 is 0. The number of benzene rings is 1. The van der Waals surface area contributed by atoms with Crippen LogP contribution in [0, 0.1) is 0 Å². The average Bonchev–Trinajstić information content (AvgIpc) is 2.24. The van der Waals surface area contributed by atoms with Crippen LogP contribution in [0.25, 0.3) is 0 Å². The fourth-order valence-electron chi connectivity index (χ4n) is 1.33. The maximum atomic E-state index is 12.1. The molecule has 1 rings (SSSR count). The Morgan fingerprint density at radius 2 is 2.00 bits per heavy atom. The average molecular weight is 264 g/mol. The van der Waals surface area contributed by atoms with Gasteiger partial charge in [0, 0.05) is 6.42 Å². The van der Waals surface area contributed by atoms with Gasteiger partial charge < -0.3 is 14.6 Å². The number of hydrogen-bond donors (Lipinski definition) is 1. The van der Waals surface area contributed by atoms with Crippen molar-refractivity contribution >= 4 is 5.97 Å². The molecule has 0 unspecified atom stereocenters. The van der Waals surface area contributed by atoms with Gasteiger partial charge in [-0.1, -0.05) is 6.07 Å². The molecule has 1 aromatic rings. The standard InChI is InChI=1S/C11H11F3O4/c1-17-8-4-2-7(3-5-10(15)16)6-9(8)18-11(12,13)14/h2,4,6H,3,5H2,1H3,(H,15,16). The molecule has 0 saturated heterocycles. The Balaban J connectivity index is 2.91. The number of carboxylic acid groups (broad SMARTS) is 1. The van der Waals surface area contributed by atoms with Crippen molar-refractivity contribution in [3.05, 3.63) is 23.8 Å². The molecule has 0 bridgehead atoms. The summed E-state index contributed by atoms with van der Waals surface area (Å²) in [6, 6.07) is 3.92. The third kappa shape index (κ3) is 4.52. The molecule has 4 nitrogen and oxygen atoms in total. The highest BCUT2D eigenvalue weighted by atomic mass is 19.4. The number of rotatable bonds is 5. The summed E-state index contributed by atoms with van der Waals surface area (Å²) in [7, 11) is 1.22. The first kappa shape index (κ1) is 14.1. The van der Waals surface area contributed by atoms with E-state index in [-0.39, 0.29) is 18.6 Å². The molecule has 0 aromatic heterocycles. The molecule has 1 N–H and O–H groups in total. The number of hydrogen-bond acceptors (Lipinski definition) is 3. The molecule has 0 aliphatic carbocycles. The molecular formula is C11H11F3O4. The summed E-state index contributed by atoms with van der Waals surface area (Å²) < 4.78 is 44.9. The first-order chi connectivity index (χ1) is 8.31. The van der Waals surface area contributed by atoms with E-state index >= 15 is 0 Å². The second-order valence-electron chi connectivity index (χ2n) is 3.43. The van der Waals surface area contributed by atoms with Crippen molar-refractivity contribution in [2.45, 2.75) is 19.2 Å². The Labute approximate surface area is 101 Å². The van der Waals surface area contributed by atoms with Crippen LogP contribution in [0.15, 0.2) is 18.2 Å². The minimum absolute atomic E-state index is 0.0635. The van der Waals surface area contributed by atoms with E-state index < -0.39 is 18.1 Å². The Morgan fingerprint density at radius 3 is 2.50 bits per heavy atom. The van der Waals surface area contributed by atoms with Crippen molar-refractivity contribution < 1.29 is 32.5 Å². The van der Waals surface area contributed by atoms with Crippen molar-refractivity contribution in [3.8, 4) is 11.5 Å². The number of carboxylic acids is 1. The summed E-state index contributed by atoms with van der Waals surface area (Å²) in [6.45, 7) is 0. The van der Waals surface area contributed by atoms with Crippen LogP contribution >= 0.6 is 0 Å². The van der Waals surface area contributed by atoms with E-state index in [9.17, 15) is 18.0 Å². The largest absolute Gasteiger partial charge is 0.573 e. The predicted molar refractivity (Wildman–Crippen MR) is 55.6 cm³/mol. The van der Waals surface area contributed by atoms with Gasteiger partial charge in [0.05, 0.1) is 7.11 Å². The van der Waals surface area contributed by atoms with Crippen LogP contribution in [-0.4, -0.2) is 24.5 Å². The van der Waals surface area contributed by atoms with E-state index in [1.165, 1.54) is 19.2 Å². The van der Waals surface area contributed by atoms with Gasteiger partial charge in [0.1, 0.15) is 0 Å². The van der Waals surface area contributed by atoms with Gasteiger partial charge in [-0.2, -0.15) is 0 Å². The number of methoxy groups -OCH3 is 1. The third-order valence-corrected chi connectivity index (χ3v) is 2.08. The van der Waals surface area contributed by atoms with Crippen LogP contribution in [0.4, 0.5) is 13.2 Å². The highest BCUT2D eigenvalue weighted by molar-refractivity contribution is 5.67. The SMILES string of the molecule is COc1ccc(CCC(=O)O)cc1OC(F)(F)F. The number of ether oxygens (including phenoxy) is 2. The second-order valence-corrected chi connectivity index (χ2v) is 3.43. The van der Waals surface area contributed by atoms with Crippen LogP contribution in [0.3, 0.4) is 0 Å². The lowest BCUT2D eigenvalue weighted by Crippen LogP contribution is -2.17. The van der Waals surface area contributed by atoms with Crippen LogP contribution in [0.2, 0.25) is 0 Å². The first-order valence-electron chi connectivity index (χ1n) is 4.96. The van der Waals surface area contributed by atoms with Crippen molar-refractivity contribution in [2.75, 3.05) is 7.11 Å². The monoisotopic (exact) mass is 264 g/mol. The molecule has 0 amide bonds. The number of carbonyl (C=O) groups is 1. The summed E-state index contributed by atoms with van der Waals surface area (Å²) in [5.41, 5.74) is 0.428. The van der Waals surface area contributed by atoms with E-state index in [4.69, 9.17) is 9.84 Å². The summed E-state index contributed by atoms with van der Waals surface area (Å²) in [5.74, 6) is -1.57. The number of aryl methyl sites for hydroxylation is 1. The second kappa shape index (κ2) is 5.61. The molecule has 1 aromatic carbocycles. The maximum absolute atomic E-state index is 12.1. The normalized spacial score (nSPS) is 11.1. The molecule has 18 heavy (non-hydrogen) atoms. The van der Waals surface area contributed by atoms with Crippen LogP contribution in [0.5, 0.6) is 11.5 Å². The van der Waals surface area contributed by atoms with Crippen molar-refractivity contribution in [3.63, 3.8) is 0 Å². The van der Waals surface area contributed by atoms with Crippen molar-refractivity contribution in [1.29, 1.82) is 0 Å². The van der Waals surface area contributed by atoms with Crippen LogP contribution in [-0.2, 0) is 11.2 Å². The zero-order valence-corrected chi connectivity index (χ0v) is 9.45. The van der Waals surface area contributed by atoms with E-state index in [2.05, 4.69) is 4.74 Å². The fraction of sp³-hybridized carbons (Fsp3) is 0.364. The lowest BCUT2D eigenvalue weighted by molar-refractivity contribution is -0.275. The topological polar surface area (TPSA) is 55.8 Å². The summed E-state index contributed by atoms with van der Waals surface area (Å²) in [4.78, 5) is 10.4. The van der Waals surface area contributed by atoms with Gasteiger partial charge in [-0.05, 0) is 24.1 Å². The Hall–Kier alpha value is -1.92. The lowest BCUT2D eigenvalue weighted by Gasteiger charge is -2.13. The molecule has 0 radical (unpaired) electrons. The molecule has 0 heterocycles. The molecule has 0 saturated carbocycles. The highest BCUT2D eigenvalue weighted by Gasteiger charge is 2.32. The van der Waals surface area contributed by atoms with Gasteiger partial charge in [-0.25, -0.2) is 0 Å². The summed E-state index contributed by atoms with van der Waals surface area (Å²) in [6.07, 6.45) is -4.87. The molecule has 0 spiro atoms. The van der Waals surface area contributed by atoms with Gasteiger partial charge in [0.25, 0.3) is 0 Å². The Bertz CT molecular complexity index is 429. The quantitative estimate of drug-likeness (QED) is 0.888. The molecule has 7 heteroatoms. The van der Waals surface area contributed by atoms with Gasteiger partial charge in [-0.3, -0.25) is 4.79 Å². The van der Waals surface area contributed by atoms with Crippen molar-refractivity contribution in [2.24, 2.45) is 0 Å².